The highest BCUT2D eigenvalue weighted by Crippen LogP contribution is 2.26. The van der Waals surface area contributed by atoms with Crippen molar-refractivity contribution in [1.82, 2.24) is 4.98 Å². The molecular formula is C18H20N2O2S. The Hall–Kier alpha value is -2.27. The van der Waals surface area contributed by atoms with E-state index in [-0.39, 0.29) is 4.90 Å². The third-order valence-corrected chi connectivity index (χ3v) is 5.59. The Morgan fingerprint density at radius 3 is 2.52 bits per heavy atom. The van der Waals surface area contributed by atoms with Crippen LogP contribution in [0.5, 0.6) is 0 Å². The molecule has 0 aliphatic heterocycles. The van der Waals surface area contributed by atoms with Crippen LogP contribution in [0, 0.1) is 0 Å². The van der Waals surface area contributed by atoms with E-state index < -0.39 is 10.0 Å². The molecule has 0 aliphatic carbocycles. The van der Waals surface area contributed by atoms with Crippen molar-refractivity contribution in [2.24, 2.45) is 0 Å². The number of H-pyrrole nitrogens is 1. The molecule has 0 fully saturated rings. The van der Waals surface area contributed by atoms with Crippen LogP contribution in [-0.2, 0) is 10.0 Å². The van der Waals surface area contributed by atoms with Gasteiger partial charge >= 0.3 is 0 Å². The molecule has 0 saturated heterocycles. The summed E-state index contributed by atoms with van der Waals surface area (Å²) in [6.45, 7) is 4.25. The van der Waals surface area contributed by atoms with E-state index in [4.69, 9.17) is 0 Å². The number of aromatic amines is 1. The van der Waals surface area contributed by atoms with Gasteiger partial charge < -0.3 is 4.98 Å². The second-order valence-corrected chi connectivity index (χ2v) is 7.41. The van der Waals surface area contributed by atoms with E-state index in [1.54, 1.807) is 24.4 Å². The quantitative estimate of drug-likeness (QED) is 0.725. The standard InChI is InChI=1S/C18H20N2O2S/c1-3-13(2)14-7-9-15(10-8-14)23(21,22)20-18-6-4-5-17-16(18)11-12-19-17/h4-13,19-20H,3H2,1-2H3. The van der Waals surface area contributed by atoms with Gasteiger partial charge in [0.15, 0.2) is 0 Å². The lowest BCUT2D eigenvalue weighted by molar-refractivity contribution is 0.601. The summed E-state index contributed by atoms with van der Waals surface area (Å²) in [6.07, 6.45) is 2.82. The summed E-state index contributed by atoms with van der Waals surface area (Å²) in [6, 6.07) is 14.5. The van der Waals surface area contributed by atoms with Gasteiger partial charge in [0, 0.05) is 17.1 Å². The largest absolute Gasteiger partial charge is 0.361 e. The molecule has 0 radical (unpaired) electrons. The Labute approximate surface area is 136 Å². The van der Waals surface area contributed by atoms with Gasteiger partial charge in [-0.1, -0.05) is 32.0 Å². The van der Waals surface area contributed by atoms with Gasteiger partial charge in [0.05, 0.1) is 10.6 Å². The second kappa shape index (κ2) is 6.08. The molecule has 2 N–H and O–H groups in total. The van der Waals surface area contributed by atoms with Crippen molar-refractivity contribution in [2.75, 3.05) is 4.72 Å². The molecular weight excluding hydrogens is 308 g/mol. The van der Waals surface area contributed by atoms with Gasteiger partial charge in [0.1, 0.15) is 0 Å². The number of rotatable bonds is 5. The lowest BCUT2D eigenvalue weighted by Crippen LogP contribution is -2.13. The molecule has 2 aromatic carbocycles. The molecule has 0 spiro atoms. The van der Waals surface area contributed by atoms with Crippen molar-refractivity contribution in [1.29, 1.82) is 0 Å². The summed E-state index contributed by atoms with van der Waals surface area (Å²) >= 11 is 0. The average Bonchev–Trinajstić information content (AvgIpc) is 3.04. The molecule has 120 valence electrons. The first kappa shape index (κ1) is 15.6. The van der Waals surface area contributed by atoms with Gasteiger partial charge in [-0.05, 0) is 48.2 Å². The Morgan fingerprint density at radius 1 is 1.09 bits per heavy atom. The molecule has 23 heavy (non-hydrogen) atoms. The van der Waals surface area contributed by atoms with Crippen molar-refractivity contribution in [3.05, 3.63) is 60.3 Å². The summed E-state index contributed by atoms with van der Waals surface area (Å²) in [5.41, 5.74) is 2.63. The van der Waals surface area contributed by atoms with Crippen LogP contribution in [0.3, 0.4) is 0 Å². The average molecular weight is 328 g/mol. The predicted octanol–water partition coefficient (Wildman–Crippen LogP) is 4.48. The first-order chi connectivity index (χ1) is 11.0. The zero-order valence-corrected chi connectivity index (χ0v) is 14.0. The molecule has 0 saturated carbocycles. The van der Waals surface area contributed by atoms with E-state index in [1.807, 2.05) is 30.3 Å². The minimum Gasteiger partial charge on any atom is -0.361 e. The predicted molar refractivity (Wildman–Crippen MR) is 94.3 cm³/mol. The van der Waals surface area contributed by atoms with Crippen molar-refractivity contribution in [2.45, 2.75) is 31.1 Å². The fraction of sp³-hybridized carbons (Fsp3) is 0.222. The topological polar surface area (TPSA) is 62.0 Å². The molecule has 1 unspecified atom stereocenters. The van der Waals surface area contributed by atoms with E-state index in [0.717, 1.165) is 22.9 Å². The Morgan fingerprint density at radius 2 is 1.83 bits per heavy atom. The minimum absolute atomic E-state index is 0.275. The normalized spacial score (nSPS) is 13.1. The van der Waals surface area contributed by atoms with E-state index in [2.05, 4.69) is 23.6 Å². The molecule has 4 nitrogen and oxygen atoms in total. The number of hydrogen-bond donors (Lipinski definition) is 2. The Kier molecular flexibility index (Phi) is 4.13. The van der Waals surface area contributed by atoms with Crippen LogP contribution < -0.4 is 4.72 Å². The van der Waals surface area contributed by atoms with E-state index in [0.29, 0.717) is 11.6 Å². The zero-order valence-electron chi connectivity index (χ0n) is 13.2. The number of sulfonamides is 1. The van der Waals surface area contributed by atoms with Gasteiger partial charge in [0.25, 0.3) is 10.0 Å². The third-order valence-electron chi connectivity index (χ3n) is 4.21. The number of benzene rings is 2. The van der Waals surface area contributed by atoms with Crippen molar-refractivity contribution in [3.8, 4) is 0 Å². The van der Waals surface area contributed by atoms with Crippen molar-refractivity contribution < 1.29 is 8.42 Å². The van der Waals surface area contributed by atoms with E-state index >= 15 is 0 Å². The summed E-state index contributed by atoms with van der Waals surface area (Å²) in [5.74, 6) is 0.424. The highest BCUT2D eigenvalue weighted by molar-refractivity contribution is 7.92. The molecule has 1 aromatic heterocycles. The number of anilines is 1. The molecule has 3 rings (SSSR count). The van der Waals surface area contributed by atoms with Gasteiger partial charge in [0.2, 0.25) is 0 Å². The lowest BCUT2D eigenvalue weighted by atomic mass is 9.99. The summed E-state index contributed by atoms with van der Waals surface area (Å²) < 4.78 is 27.9. The van der Waals surface area contributed by atoms with Crippen LogP contribution in [0.15, 0.2) is 59.6 Å². The van der Waals surface area contributed by atoms with E-state index in [1.165, 1.54) is 0 Å². The number of aromatic nitrogens is 1. The van der Waals surface area contributed by atoms with Crippen LogP contribution in [0.1, 0.15) is 31.7 Å². The van der Waals surface area contributed by atoms with Crippen LogP contribution in [0.4, 0.5) is 5.69 Å². The van der Waals surface area contributed by atoms with E-state index in [9.17, 15) is 8.42 Å². The minimum atomic E-state index is -3.60. The lowest BCUT2D eigenvalue weighted by Gasteiger charge is -2.12. The van der Waals surface area contributed by atoms with Crippen molar-refractivity contribution in [3.63, 3.8) is 0 Å². The molecule has 0 aliphatic rings. The van der Waals surface area contributed by atoms with Gasteiger partial charge in [-0.25, -0.2) is 8.42 Å². The number of fused-ring (bicyclic) bond motifs is 1. The third kappa shape index (κ3) is 3.10. The zero-order chi connectivity index (χ0) is 16.4. The first-order valence-corrected chi connectivity index (χ1v) is 9.18. The van der Waals surface area contributed by atoms with Gasteiger partial charge in [-0.15, -0.1) is 0 Å². The number of hydrogen-bond acceptors (Lipinski definition) is 2. The first-order valence-electron chi connectivity index (χ1n) is 7.70. The smallest absolute Gasteiger partial charge is 0.261 e. The maximum atomic E-state index is 12.6. The van der Waals surface area contributed by atoms with Crippen LogP contribution in [0.2, 0.25) is 0 Å². The molecule has 1 atom stereocenters. The highest BCUT2D eigenvalue weighted by Gasteiger charge is 2.16. The number of nitrogens with one attached hydrogen (secondary N) is 2. The maximum absolute atomic E-state index is 12.6. The molecule has 5 heteroatoms. The van der Waals surface area contributed by atoms with Crippen molar-refractivity contribution >= 4 is 26.6 Å². The SMILES string of the molecule is CCC(C)c1ccc(S(=O)(=O)Nc2cccc3[nH]ccc23)cc1. The maximum Gasteiger partial charge on any atom is 0.261 e. The summed E-state index contributed by atoms with van der Waals surface area (Å²) in [5, 5.41) is 0.854. The fourth-order valence-corrected chi connectivity index (χ4v) is 3.67. The van der Waals surface area contributed by atoms with Crippen LogP contribution in [0.25, 0.3) is 10.9 Å². The molecule has 0 amide bonds. The fourth-order valence-electron chi connectivity index (χ4n) is 2.59. The highest BCUT2D eigenvalue weighted by atomic mass is 32.2. The monoisotopic (exact) mass is 328 g/mol. The summed E-state index contributed by atoms with van der Waals surface area (Å²) in [7, 11) is -3.60. The Bertz CT molecular complexity index is 912. The second-order valence-electron chi connectivity index (χ2n) is 5.73. The molecule has 0 bridgehead atoms. The van der Waals surface area contributed by atoms with Gasteiger partial charge in [-0.2, -0.15) is 0 Å². The van der Waals surface area contributed by atoms with Crippen LogP contribution >= 0.6 is 0 Å². The van der Waals surface area contributed by atoms with Gasteiger partial charge in [-0.3, -0.25) is 4.72 Å². The Balaban J connectivity index is 1.91. The summed E-state index contributed by atoms with van der Waals surface area (Å²) in [4.78, 5) is 3.35. The molecule has 3 aromatic rings. The molecule has 1 heterocycles. The van der Waals surface area contributed by atoms with Crippen LogP contribution in [-0.4, -0.2) is 13.4 Å².